The predicted molar refractivity (Wildman–Crippen MR) is 234 cm³/mol. The van der Waals surface area contributed by atoms with Gasteiger partial charge in [-0.15, -0.1) is 11.3 Å². The first-order valence-corrected chi connectivity index (χ1v) is 19.9. The molecule has 0 fully saturated rings. The van der Waals surface area contributed by atoms with E-state index in [2.05, 4.69) is 200 Å². The molecule has 0 saturated carbocycles. The molecule has 1 aliphatic carbocycles. The Balaban J connectivity index is 1.11. The van der Waals surface area contributed by atoms with Crippen LogP contribution >= 0.6 is 11.3 Å². The monoisotopic (exact) mass is 730 g/mol. The summed E-state index contributed by atoms with van der Waals surface area (Å²) in [7, 11) is 0. The van der Waals surface area contributed by atoms with E-state index in [9.17, 15) is 0 Å². The maximum atomic E-state index is 5.30. The Morgan fingerprint density at radius 3 is 1.68 bits per heavy atom. The van der Waals surface area contributed by atoms with Crippen LogP contribution in [-0.2, 0) is 5.41 Å². The highest BCUT2D eigenvalue weighted by Gasteiger charge is 2.46. The highest BCUT2D eigenvalue weighted by molar-refractivity contribution is 7.26. The smallest absolute Gasteiger partial charge is 0.160 e. The topological polar surface area (TPSA) is 25.8 Å². The highest BCUT2D eigenvalue weighted by Crippen LogP contribution is 2.56. The largest absolute Gasteiger partial charge is 0.228 e. The summed E-state index contributed by atoms with van der Waals surface area (Å²) in [6.07, 6.45) is 0. The number of aromatic nitrogens is 2. The van der Waals surface area contributed by atoms with Crippen molar-refractivity contribution in [2.45, 2.75) is 5.41 Å². The molecule has 10 aromatic rings. The van der Waals surface area contributed by atoms with Gasteiger partial charge in [0.1, 0.15) is 0 Å². The van der Waals surface area contributed by atoms with Crippen molar-refractivity contribution in [1.82, 2.24) is 9.97 Å². The van der Waals surface area contributed by atoms with Gasteiger partial charge in [-0.25, -0.2) is 9.97 Å². The summed E-state index contributed by atoms with van der Waals surface area (Å²) in [6.45, 7) is 0. The average Bonchev–Trinajstić information content (AvgIpc) is 3.81. The van der Waals surface area contributed by atoms with Crippen molar-refractivity contribution in [3.8, 4) is 56.2 Å². The quantitative estimate of drug-likeness (QED) is 0.170. The van der Waals surface area contributed by atoms with E-state index in [0.717, 1.165) is 28.1 Å². The number of rotatable bonds is 6. The van der Waals surface area contributed by atoms with Gasteiger partial charge in [0.2, 0.25) is 0 Å². The van der Waals surface area contributed by atoms with Crippen LogP contribution in [0.4, 0.5) is 0 Å². The van der Waals surface area contributed by atoms with Crippen LogP contribution < -0.4 is 0 Å². The van der Waals surface area contributed by atoms with Gasteiger partial charge in [-0.1, -0.05) is 182 Å². The molecule has 0 N–H and O–H groups in total. The highest BCUT2D eigenvalue weighted by atomic mass is 32.1. The second kappa shape index (κ2) is 13.1. The molecule has 2 heterocycles. The Morgan fingerprint density at radius 2 is 0.911 bits per heavy atom. The number of hydrogen-bond acceptors (Lipinski definition) is 3. The van der Waals surface area contributed by atoms with E-state index < -0.39 is 5.41 Å². The first-order valence-electron chi connectivity index (χ1n) is 19.1. The van der Waals surface area contributed by atoms with Gasteiger partial charge in [0.15, 0.2) is 5.82 Å². The van der Waals surface area contributed by atoms with Crippen molar-refractivity contribution in [2.75, 3.05) is 0 Å². The molecule has 0 radical (unpaired) electrons. The van der Waals surface area contributed by atoms with Crippen molar-refractivity contribution >= 4 is 31.5 Å². The fourth-order valence-electron chi connectivity index (χ4n) is 8.88. The summed E-state index contributed by atoms with van der Waals surface area (Å²) in [6, 6.07) is 74.4. The molecule has 0 bridgehead atoms. The van der Waals surface area contributed by atoms with Crippen molar-refractivity contribution in [3.05, 3.63) is 229 Å². The molecule has 0 atom stereocenters. The number of hydrogen-bond donors (Lipinski definition) is 0. The Hall–Kier alpha value is -6.94. The Kier molecular flexibility index (Phi) is 7.61. The van der Waals surface area contributed by atoms with E-state index >= 15 is 0 Å². The number of fused-ring (bicyclic) bond motifs is 6. The predicted octanol–water partition coefficient (Wildman–Crippen LogP) is 13.9. The second-order valence-corrected chi connectivity index (χ2v) is 15.5. The Bertz CT molecular complexity index is 3040. The van der Waals surface area contributed by atoms with E-state index in [4.69, 9.17) is 9.97 Å². The maximum Gasteiger partial charge on any atom is 0.160 e. The van der Waals surface area contributed by atoms with E-state index in [1.54, 1.807) is 0 Å². The molecular weight excluding hydrogens is 697 g/mol. The minimum Gasteiger partial charge on any atom is -0.228 e. The third kappa shape index (κ3) is 5.09. The van der Waals surface area contributed by atoms with Crippen LogP contribution in [-0.4, -0.2) is 9.97 Å². The molecule has 0 unspecified atom stereocenters. The zero-order valence-corrected chi connectivity index (χ0v) is 31.2. The molecule has 262 valence electrons. The Morgan fingerprint density at radius 1 is 0.357 bits per heavy atom. The van der Waals surface area contributed by atoms with Crippen molar-refractivity contribution in [1.29, 1.82) is 0 Å². The standard InChI is InChI=1S/C53H34N2S/c1-4-16-35(17-5-1)52-54-48(37-19-14-18-36(32-37)41-26-15-27-45-44-25-11-13-29-50(44)56-51(41)45)34-49(55-52)38-30-31-43-42-24-10-12-28-46(42)53(47(43)33-38,39-20-6-2-7-21-39)40-22-8-3-9-23-40/h1-34H. The summed E-state index contributed by atoms with van der Waals surface area (Å²) in [4.78, 5) is 10.6. The molecule has 2 aromatic heterocycles. The van der Waals surface area contributed by atoms with Gasteiger partial charge in [-0.2, -0.15) is 0 Å². The van der Waals surface area contributed by atoms with Crippen molar-refractivity contribution in [2.24, 2.45) is 0 Å². The van der Waals surface area contributed by atoms with Crippen LogP contribution in [0.15, 0.2) is 206 Å². The first-order chi connectivity index (χ1) is 27.8. The van der Waals surface area contributed by atoms with E-state index in [1.807, 2.05) is 17.4 Å². The van der Waals surface area contributed by atoms with Crippen LogP contribution in [0, 0.1) is 0 Å². The van der Waals surface area contributed by atoms with Gasteiger partial charge in [0.25, 0.3) is 0 Å². The molecule has 0 spiro atoms. The van der Waals surface area contributed by atoms with Gasteiger partial charge in [0.05, 0.1) is 16.8 Å². The van der Waals surface area contributed by atoms with E-state index in [-0.39, 0.29) is 0 Å². The zero-order valence-electron chi connectivity index (χ0n) is 30.4. The fraction of sp³-hybridized carbons (Fsp3) is 0.0189. The van der Waals surface area contributed by atoms with Crippen LogP contribution in [0.5, 0.6) is 0 Å². The van der Waals surface area contributed by atoms with Crippen molar-refractivity contribution in [3.63, 3.8) is 0 Å². The summed E-state index contributed by atoms with van der Waals surface area (Å²) in [5.74, 6) is 0.705. The fourth-order valence-corrected chi connectivity index (χ4v) is 10.1. The molecule has 0 amide bonds. The molecule has 0 aliphatic heterocycles. The molecule has 3 heteroatoms. The third-order valence-electron chi connectivity index (χ3n) is 11.4. The minimum atomic E-state index is -0.496. The number of benzene rings is 8. The van der Waals surface area contributed by atoms with Crippen LogP contribution in [0.3, 0.4) is 0 Å². The van der Waals surface area contributed by atoms with E-state index in [1.165, 1.54) is 64.7 Å². The lowest BCUT2D eigenvalue weighted by atomic mass is 9.67. The van der Waals surface area contributed by atoms with Gasteiger partial charge >= 0.3 is 0 Å². The van der Waals surface area contributed by atoms with E-state index in [0.29, 0.717) is 5.82 Å². The molecule has 8 aromatic carbocycles. The zero-order chi connectivity index (χ0) is 37.1. The van der Waals surface area contributed by atoms with Crippen molar-refractivity contribution < 1.29 is 0 Å². The van der Waals surface area contributed by atoms with Crippen LogP contribution in [0.1, 0.15) is 22.3 Å². The SMILES string of the molecule is c1ccc(-c2nc(-c3cccc(-c4cccc5c4sc4ccccc45)c3)cc(-c3ccc4c(c3)C(c3ccccc3)(c3ccccc3)c3ccccc3-4)n2)cc1. The van der Waals surface area contributed by atoms with Crippen LogP contribution in [0.2, 0.25) is 0 Å². The van der Waals surface area contributed by atoms with Gasteiger partial charge in [0, 0.05) is 36.9 Å². The summed E-state index contributed by atoms with van der Waals surface area (Å²) >= 11 is 1.86. The normalized spacial score (nSPS) is 12.8. The summed E-state index contributed by atoms with van der Waals surface area (Å²) in [5, 5.41) is 2.60. The third-order valence-corrected chi connectivity index (χ3v) is 12.6. The molecule has 56 heavy (non-hydrogen) atoms. The molecule has 2 nitrogen and oxygen atoms in total. The summed E-state index contributed by atoms with van der Waals surface area (Å²) in [5.41, 5.74) is 14.3. The lowest BCUT2D eigenvalue weighted by Gasteiger charge is -2.34. The Labute approximate surface area is 330 Å². The molecule has 0 saturated heterocycles. The lowest BCUT2D eigenvalue weighted by Crippen LogP contribution is -2.28. The lowest BCUT2D eigenvalue weighted by molar-refractivity contribution is 0.768. The van der Waals surface area contributed by atoms with Gasteiger partial charge in [-0.05, 0) is 68.8 Å². The molecule has 1 aliphatic rings. The number of thiophene rings is 1. The second-order valence-electron chi connectivity index (χ2n) is 14.5. The average molecular weight is 731 g/mol. The maximum absolute atomic E-state index is 5.30. The number of nitrogens with zero attached hydrogens (tertiary/aromatic N) is 2. The van der Waals surface area contributed by atoms with Gasteiger partial charge < -0.3 is 0 Å². The molecular formula is C53H34N2S. The van der Waals surface area contributed by atoms with Gasteiger partial charge in [-0.3, -0.25) is 0 Å². The first kappa shape index (κ1) is 32.5. The summed E-state index contributed by atoms with van der Waals surface area (Å²) < 4.78 is 2.61. The van der Waals surface area contributed by atoms with Crippen LogP contribution in [0.25, 0.3) is 76.3 Å². The minimum absolute atomic E-state index is 0.496. The molecule has 11 rings (SSSR count).